The van der Waals surface area contributed by atoms with Crippen molar-refractivity contribution in [3.8, 4) is 11.1 Å². The van der Waals surface area contributed by atoms with Gasteiger partial charge in [-0.05, 0) is 93.5 Å². The lowest BCUT2D eigenvalue weighted by Gasteiger charge is -2.26. The molecule has 0 fully saturated rings. The van der Waals surface area contributed by atoms with E-state index in [4.69, 9.17) is 4.98 Å². The van der Waals surface area contributed by atoms with E-state index in [2.05, 4.69) is 127 Å². The highest BCUT2D eigenvalue weighted by molar-refractivity contribution is 7.82. The molecule has 0 saturated carbocycles. The molecule has 244 valence electrons. The van der Waals surface area contributed by atoms with Crippen LogP contribution in [-0.2, 0) is 4.57 Å². The molecule has 9 aromatic carbocycles. The highest BCUT2D eigenvalue weighted by Crippen LogP contribution is 2.51. The van der Waals surface area contributed by atoms with E-state index in [-0.39, 0.29) is 0 Å². The Balaban J connectivity index is 1.02. The van der Waals surface area contributed by atoms with Crippen LogP contribution in [0, 0.1) is 0 Å². The van der Waals surface area contributed by atoms with Crippen molar-refractivity contribution < 1.29 is 4.57 Å². The number of dihydropyridines is 1. The van der Waals surface area contributed by atoms with E-state index in [1.54, 1.807) is 0 Å². The average Bonchev–Trinajstić information content (AvgIpc) is 3.22. The van der Waals surface area contributed by atoms with Crippen molar-refractivity contribution in [2.24, 2.45) is 0 Å². The van der Waals surface area contributed by atoms with Gasteiger partial charge in [0.15, 0.2) is 0 Å². The van der Waals surface area contributed by atoms with Crippen molar-refractivity contribution >= 4 is 88.1 Å². The van der Waals surface area contributed by atoms with Gasteiger partial charge in [0.05, 0.1) is 5.44 Å². The van der Waals surface area contributed by atoms with Gasteiger partial charge in [-0.2, -0.15) is 0 Å². The molecule has 11 rings (SSSR count). The van der Waals surface area contributed by atoms with Crippen LogP contribution in [0.3, 0.4) is 0 Å². The fourth-order valence-electron chi connectivity index (χ4n) is 8.65. The minimum absolute atomic E-state index is 0.563. The minimum Gasteiger partial charge on any atom is -0.378 e. The maximum atomic E-state index is 15.5. The molecule has 0 spiro atoms. The number of nitrogens with zero attached hydrogens (tertiary/aromatic N) is 1. The Labute approximate surface area is 300 Å². The summed E-state index contributed by atoms with van der Waals surface area (Å²) < 4.78 is 15.5. The highest BCUT2D eigenvalue weighted by Gasteiger charge is 2.34. The second-order valence-electron chi connectivity index (χ2n) is 13.9. The summed E-state index contributed by atoms with van der Waals surface area (Å²) in [5, 5.41) is 19.5. The van der Waals surface area contributed by atoms with E-state index in [0.717, 1.165) is 16.4 Å². The van der Waals surface area contributed by atoms with Gasteiger partial charge in [-0.3, -0.25) is 4.98 Å². The lowest BCUT2D eigenvalue weighted by Crippen LogP contribution is -2.28. The summed E-state index contributed by atoms with van der Waals surface area (Å²) >= 11 is 0. The van der Waals surface area contributed by atoms with Gasteiger partial charge in [0, 0.05) is 23.6 Å². The molecule has 1 N–H and O–H groups in total. The number of hydrogen-bond acceptors (Lipinski definition) is 3. The first-order chi connectivity index (χ1) is 25.6. The van der Waals surface area contributed by atoms with Crippen LogP contribution in [-0.4, -0.2) is 11.5 Å². The fraction of sp³-hybridized carbons (Fsp3) is 0.0208. The molecule has 1 unspecified atom stereocenters. The molecular weight excluding hydrogens is 652 g/mol. The van der Waals surface area contributed by atoms with Gasteiger partial charge in [0.1, 0.15) is 5.44 Å². The van der Waals surface area contributed by atoms with Crippen LogP contribution in [0.5, 0.6) is 0 Å². The summed E-state index contributed by atoms with van der Waals surface area (Å²) in [7, 11) is -3.32. The summed E-state index contributed by atoms with van der Waals surface area (Å²) in [5.41, 5.74) is 5.75. The van der Waals surface area contributed by atoms with Crippen LogP contribution >= 0.6 is 7.14 Å². The maximum Gasteiger partial charge on any atom is 0.203 e. The third-order valence-electron chi connectivity index (χ3n) is 11.1. The summed E-state index contributed by atoms with van der Waals surface area (Å²) in [6.07, 6.45) is 6.06. The summed E-state index contributed by atoms with van der Waals surface area (Å²) in [6.45, 7) is 0.563. The number of rotatable bonds is 5. The smallest absolute Gasteiger partial charge is 0.203 e. The predicted octanol–water partition coefficient (Wildman–Crippen LogP) is 11.4. The topological polar surface area (TPSA) is 42.0 Å². The third-order valence-corrected chi connectivity index (χ3v) is 14.1. The van der Waals surface area contributed by atoms with E-state index in [1.165, 1.54) is 75.8 Å². The molecule has 0 bridgehead atoms. The van der Waals surface area contributed by atoms with Gasteiger partial charge in [-0.15, -0.1) is 0 Å². The maximum absolute atomic E-state index is 15.5. The monoisotopic (exact) mass is 682 g/mol. The summed E-state index contributed by atoms with van der Waals surface area (Å²) in [6, 6.07) is 53.4. The van der Waals surface area contributed by atoms with Gasteiger partial charge in [0.25, 0.3) is 0 Å². The third kappa shape index (κ3) is 4.21. The zero-order valence-electron chi connectivity index (χ0n) is 28.2. The molecule has 1 aliphatic rings. The predicted molar refractivity (Wildman–Crippen MR) is 221 cm³/mol. The van der Waals surface area contributed by atoms with E-state index in [1.807, 2.05) is 48.7 Å². The number of aromatic nitrogens is 1. The van der Waals surface area contributed by atoms with Crippen molar-refractivity contribution in [3.63, 3.8) is 0 Å². The number of pyridine rings is 1. The van der Waals surface area contributed by atoms with E-state index < -0.39 is 7.14 Å². The molecule has 10 aromatic rings. The molecule has 1 atom stereocenters. The van der Waals surface area contributed by atoms with E-state index in [9.17, 15) is 0 Å². The quantitative estimate of drug-likeness (QED) is 0.145. The zero-order valence-corrected chi connectivity index (χ0v) is 29.1. The van der Waals surface area contributed by atoms with Crippen LogP contribution in [0.25, 0.3) is 81.3 Å². The molecule has 0 radical (unpaired) electrons. The Kier molecular flexibility index (Phi) is 6.29. The van der Waals surface area contributed by atoms with Crippen molar-refractivity contribution in [3.05, 3.63) is 181 Å². The van der Waals surface area contributed by atoms with Crippen LogP contribution in [0.15, 0.2) is 175 Å². The molecule has 3 nitrogen and oxygen atoms in total. The normalized spacial score (nSPS) is 14.7. The van der Waals surface area contributed by atoms with Gasteiger partial charge in [-0.25, -0.2) is 0 Å². The Morgan fingerprint density at radius 3 is 1.58 bits per heavy atom. The zero-order chi connectivity index (χ0) is 34.4. The van der Waals surface area contributed by atoms with Crippen LogP contribution < -0.4 is 16.1 Å². The first-order valence-electron chi connectivity index (χ1n) is 17.8. The molecule has 0 amide bonds. The molecule has 52 heavy (non-hydrogen) atoms. The van der Waals surface area contributed by atoms with E-state index >= 15 is 4.57 Å². The Morgan fingerprint density at radius 2 is 1.02 bits per heavy atom. The molecule has 0 saturated heterocycles. The number of hydrogen-bond donors (Lipinski definition) is 1. The number of allylic oxidation sites excluding steroid dienone is 2. The first kappa shape index (κ1) is 29.5. The molecule has 1 aliphatic heterocycles. The molecule has 2 heterocycles. The Hall–Kier alpha value is -6.28. The van der Waals surface area contributed by atoms with Gasteiger partial charge < -0.3 is 9.88 Å². The van der Waals surface area contributed by atoms with Gasteiger partial charge in [-0.1, -0.05) is 152 Å². The fourth-order valence-corrected chi connectivity index (χ4v) is 11.1. The average molecular weight is 683 g/mol. The van der Waals surface area contributed by atoms with Crippen molar-refractivity contribution in [1.29, 1.82) is 0 Å². The lowest BCUT2D eigenvalue weighted by molar-refractivity contribution is 0.588. The molecule has 0 aliphatic carbocycles. The van der Waals surface area contributed by atoms with Gasteiger partial charge in [0.2, 0.25) is 7.14 Å². The summed E-state index contributed by atoms with van der Waals surface area (Å²) in [5.74, 6) is 0. The van der Waals surface area contributed by atoms with Gasteiger partial charge >= 0.3 is 0 Å². The standard InChI is InChI=1S/C48H31N2OP/c51-52(38-10-2-1-3-11-38,43-26-20-36(28-49-43)39-22-16-34-14-12-30-6-4-8-32-18-24-41(39)47(34)45(30)32)44-27-21-37(29-50-44)40-23-17-35-15-13-31-7-5-9-33-19-25-42(40)48(35)46(31)33/h1-28,50H,29H2. The number of benzene rings is 9. The minimum atomic E-state index is -3.32. The second kappa shape index (κ2) is 11.1. The lowest BCUT2D eigenvalue weighted by atomic mass is 9.89. The summed E-state index contributed by atoms with van der Waals surface area (Å²) in [4.78, 5) is 4.99. The molecule has 1 aromatic heterocycles. The van der Waals surface area contributed by atoms with E-state index in [0.29, 0.717) is 17.4 Å². The Bertz CT molecular complexity index is 3110. The Morgan fingerprint density at radius 1 is 0.481 bits per heavy atom. The first-order valence-corrected chi connectivity index (χ1v) is 19.5. The van der Waals surface area contributed by atoms with Crippen LogP contribution in [0.2, 0.25) is 0 Å². The highest BCUT2D eigenvalue weighted by atomic mass is 31.2. The van der Waals surface area contributed by atoms with Crippen molar-refractivity contribution in [2.75, 3.05) is 6.54 Å². The van der Waals surface area contributed by atoms with Crippen LogP contribution in [0.1, 0.15) is 5.56 Å². The molecule has 4 heteroatoms. The van der Waals surface area contributed by atoms with Crippen LogP contribution in [0.4, 0.5) is 0 Å². The number of nitrogens with one attached hydrogen (secondary N) is 1. The largest absolute Gasteiger partial charge is 0.378 e. The van der Waals surface area contributed by atoms with Crippen molar-refractivity contribution in [2.45, 2.75) is 0 Å². The van der Waals surface area contributed by atoms with Crippen molar-refractivity contribution in [1.82, 2.24) is 10.3 Å². The molecular formula is C48H31N2OP. The SMILES string of the molecule is O=P(C1=CC=C(c2ccc3ccc4cccc5ccc2c3c45)CN1)(c1ccccc1)c1ccc(-c2ccc3ccc4cccc5ccc2c3c45)cn1. The second-order valence-corrected chi connectivity index (χ2v) is 16.6.